The van der Waals surface area contributed by atoms with Gasteiger partial charge in [0, 0.05) is 6.26 Å². The van der Waals surface area contributed by atoms with E-state index in [4.69, 9.17) is 33.7 Å². The molecule has 0 aliphatic rings. The second-order valence-electron chi connectivity index (χ2n) is 4.09. The van der Waals surface area contributed by atoms with Gasteiger partial charge in [-0.15, -0.1) is 0 Å². The molecule has 0 heterocycles. The second-order valence-corrected chi connectivity index (χ2v) is 6.86. The van der Waals surface area contributed by atoms with Crippen LogP contribution < -0.4 is 10.5 Å². The van der Waals surface area contributed by atoms with Crippen molar-refractivity contribution in [2.45, 2.75) is 4.90 Å². The molecular weight excluding hydrogens is 321 g/mol. The van der Waals surface area contributed by atoms with Gasteiger partial charge in [-0.3, -0.25) is 0 Å². The maximum Gasteiger partial charge on any atom is 0.177 e. The average Bonchev–Trinajstić information content (AvgIpc) is 2.36. The molecule has 0 aliphatic carbocycles. The Balaban J connectivity index is 2.48. The predicted octanol–water partition coefficient (Wildman–Crippen LogP) is 3.77. The Bertz CT molecular complexity index is 760. The molecule has 20 heavy (non-hydrogen) atoms. The Morgan fingerprint density at radius 2 is 1.65 bits per heavy atom. The standard InChI is InChI=1S/C13H11Cl2NO3S/c1-20(17,18)11-7-3-6-10(13(11)16)19-9-5-2-4-8(14)12(9)15/h2-7H,16H2,1H3. The molecule has 0 spiro atoms. The summed E-state index contributed by atoms with van der Waals surface area (Å²) in [6, 6.07) is 9.41. The lowest BCUT2D eigenvalue weighted by molar-refractivity contribution is 0.484. The molecule has 0 unspecified atom stereocenters. The van der Waals surface area contributed by atoms with Gasteiger partial charge in [0.15, 0.2) is 15.6 Å². The molecule has 0 atom stereocenters. The Morgan fingerprint density at radius 1 is 1.05 bits per heavy atom. The van der Waals surface area contributed by atoms with Crippen molar-refractivity contribution in [3.8, 4) is 11.5 Å². The minimum atomic E-state index is -3.43. The van der Waals surface area contributed by atoms with Crippen LogP contribution in [0.4, 0.5) is 5.69 Å². The largest absolute Gasteiger partial charge is 0.454 e. The maximum absolute atomic E-state index is 11.6. The van der Waals surface area contributed by atoms with Crippen molar-refractivity contribution in [1.82, 2.24) is 0 Å². The van der Waals surface area contributed by atoms with Crippen molar-refractivity contribution in [3.05, 3.63) is 46.4 Å². The van der Waals surface area contributed by atoms with E-state index in [1.807, 2.05) is 0 Å². The topological polar surface area (TPSA) is 69.4 Å². The Labute approximate surface area is 127 Å². The van der Waals surface area contributed by atoms with Crippen LogP contribution in [0.5, 0.6) is 11.5 Å². The minimum Gasteiger partial charge on any atom is -0.454 e. The predicted molar refractivity (Wildman–Crippen MR) is 80.5 cm³/mol. The van der Waals surface area contributed by atoms with Crippen LogP contribution in [0, 0.1) is 0 Å². The van der Waals surface area contributed by atoms with E-state index in [9.17, 15) is 8.42 Å². The van der Waals surface area contributed by atoms with Crippen LogP contribution in [0.15, 0.2) is 41.3 Å². The number of hydrogen-bond donors (Lipinski definition) is 1. The summed E-state index contributed by atoms with van der Waals surface area (Å²) in [6.07, 6.45) is 1.08. The summed E-state index contributed by atoms with van der Waals surface area (Å²) in [4.78, 5) is 0.00755. The molecule has 0 aromatic heterocycles. The zero-order valence-corrected chi connectivity index (χ0v) is 12.8. The highest BCUT2D eigenvalue weighted by molar-refractivity contribution is 7.90. The summed E-state index contributed by atoms with van der Waals surface area (Å²) >= 11 is 11.9. The molecule has 0 fully saturated rings. The first kappa shape index (κ1) is 15.0. The smallest absolute Gasteiger partial charge is 0.177 e. The summed E-state index contributed by atoms with van der Waals surface area (Å²) in [5.41, 5.74) is 5.86. The zero-order valence-electron chi connectivity index (χ0n) is 10.4. The molecular formula is C13H11Cl2NO3S. The van der Waals surface area contributed by atoms with Gasteiger partial charge in [0.2, 0.25) is 0 Å². The van der Waals surface area contributed by atoms with Gasteiger partial charge >= 0.3 is 0 Å². The Hall–Kier alpha value is -1.43. The third-order valence-corrected chi connectivity index (χ3v) is 4.52. The number of sulfone groups is 1. The molecule has 0 radical (unpaired) electrons. The number of nitrogens with two attached hydrogens (primary N) is 1. The lowest BCUT2D eigenvalue weighted by Crippen LogP contribution is -2.03. The van der Waals surface area contributed by atoms with Gasteiger partial charge in [-0.25, -0.2) is 8.42 Å². The molecule has 0 aliphatic heterocycles. The van der Waals surface area contributed by atoms with Crippen molar-refractivity contribution < 1.29 is 13.2 Å². The quantitative estimate of drug-likeness (QED) is 0.869. The van der Waals surface area contributed by atoms with Gasteiger partial charge in [-0.05, 0) is 24.3 Å². The number of para-hydroxylation sites is 1. The van der Waals surface area contributed by atoms with Gasteiger partial charge in [0.25, 0.3) is 0 Å². The number of benzene rings is 2. The number of hydrogen-bond acceptors (Lipinski definition) is 4. The van der Waals surface area contributed by atoms with E-state index < -0.39 is 9.84 Å². The fourth-order valence-electron chi connectivity index (χ4n) is 1.62. The van der Waals surface area contributed by atoms with Gasteiger partial charge in [0.05, 0.1) is 15.6 Å². The van der Waals surface area contributed by atoms with Crippen molar-refractivity contribution in [2.75, 3.05) is 12.0 Å². The Morgan fingerprint density at radius 3 is 2.30 bits per heavy atom. The minimum absolute atomic E-state index is 0.00755. The molecule has 2 aromatic carbocycles. The maximum atomic E-state index is 11.6. The van der Waals surface area contributed by atoms with Crippen molar-refractivity contribution >= 4 is 38.7 Å². The summed E-state index contributed by atoms with van der Waals surface area (Å²) < 4.78 is 28.7. The molecule has 0 bridgehead atoms. The summed E-state index contributed by atoms with van der Waals surface area (Å²) in [6.45, 7) is 0. The third-order valence-electron chi connectivity index (χ3n) is 2.56. The first-order valence-electron chi connectivity index (χ1n) is 5.51. The Kier molecular flexibility index (Phi) is 4.13. The number of nitrogen functional groups attached to an aromatic ring is 1. The van der Waals surface area contributed by atoms with E-state index in [-0.39, 0.29) is 21.4 Å². The highest BCUT2D eigenvalue weighted by Crippen LogP contribution is 2.38. The highest BCUT2D eigenvalue weighted by Gasteiger charge is 2.16. The monoisotopic (exact) mass is 331 g/mol. The summed E-state index contributed by atoms with van der Waals surface area (Å²) in [5.74, 6) is 0.508. The molecule has 7 heteroatoms. The second kappa shape index (κ2) is 5.52. The van der Waals surface area contributed by atoms with Gasteiger partial charge in [-0.1, -0.05) is 35.3 Å². The molecule has 0 saturated carbocycles. The fourth-order valence-corrected chi connectivity index (χ4v) is 2.77. The molecule has 2 aromatic rings. The molecule has 0 saturated heterocycles. The average molecular weight is 332 g/mol. The first-order valence-corrected chi connectivity index (χ1v) is 8.16. The SMILES string of the molecule is CS(=O)(=O)c1cccc(Oc2cccc(Cl)c2Cl)c1N. The molecule has 2 rings (SSSR count). The zero-order chi connectivity index (χ0) is 14.9. The molecule has 2 N–H and O–H groups in total. The van der Waals surface area contributed by atoms with Crippen LogP contribution >= 0.6 is 23.2 Å². The van der Waals surface area contributed by atoms with E-state index in [1.165, 1.54) is 6.07 Å². The highest BCUT2D eigenvalue weighted by atomic mass is 35.5. The molecule has 4 nitrogen and oxygen atoms in total. The van der Waals surface area contributed by atoms with Gasteiger partial charge in [-0.2, -0.15) is 0 Å². The lowest BCUT2D eigenvalue weighted by atomic mass is 10.3. The van der Waals surface area contributed by atoms with E-state index >= 15 is 0 Å². The number of halogens is 2. The number of ether oxygens (including phenoxy) is 1. The summed E-state index contributed by atoms with van der Waals surface area (Å²) in [7, 11) is -3.43. The van der Waals surface area contributed by atoms with E-state index in [0.717, 1.165) is 6.26 Å². The van der Waals surface area contributed by atoms with Crippen molar-refractivity contribution in [2.24, 2.45) is 0 Å². The van der Waals surface area contributed by atoms with Crippen molar-refractivity contribution in [1.29, 1.82) is 0 Å². The van der Waals surface area contributed by atoms with Crippen LogP contribution in [0.25, 0.3) is 0 Å². The van der Waals surface area contributed by atoms with Crippen LogP contribution in [0.3, 0.4) is 0 Å². The normalized spacial score (nSPS) is 11.3. The number of rotatable bonds is 3. The molecule has 106 valence electrons. The molecule has 0 amide bonds. The van der Waals surface area contributed by atoms with Crippen LogP contribution in [0.1, 0.15) is 0 Å². The van der Waals surface area contributed by atoms with Gasteiger partial charge in [0.1, 0.15) is 10.8 Å². The summed E-state index contributed by atoms with van der Waals surface area (Å²) in [5, 5.41) is 0.570. The van der Waals surface area contributed by atoms with Crippen LogP contribution in [-0.4, -0.2) is 14.7 Å². The lowest BCUT2D eigenvalue weighted by Gasteiger charge is -2.12. The van der Waals surface area contributed by atoms with E-state index in [1.54, 1.807) is 30.3 Å². The van der Waals surface area contributed by atoms with Crippen molar-refractivity contribution in [3.63, 3.8) is 0 Å². The fraction of sp³-hybridized carbons (Fsp3) is 0.0769. The van der Waals surface area contributed by atoms with E-state index in [0.29, 0.717) is 10.8 Å². The first-order chi connectivity index (χ1) is 9.30. The third kappa shape index (κ3) is 3.00. The van der Waals surface area contributed by atoms with Crippen LogP contribution in [0.2, 0.25) is 10.0 Å². The number of anilines is 1. The van der Waals surface area contributed by atoms with Crippen LogP contribution in [-0.2, 0) is 9.84 Å². The van der Waals surface area contributed by atoms with Gasteiger partial charge < -0.3 is 10.5 Å². The van der Waals surface area contributed by atoms with E-state index in [2.05, 4.69) is 0 Å².